The van der Waals surface area contributed by atoms with Crippen LogP contribution in [0.2, 0.25) is 0 Å². The van der Waals surface area contributed by atoms with E-state index in [0.29, 0.717) is 22.7 Å². The number of amides is 1. The number of carbonyl (C=O) groups is 1. The molecule has 8 heteroatoms. The summed E-state index contributed by atoms with van der Waals surface area (Å²) in [5.41, 5.74) is 3.14. The Hall–Kier alpha value is -2.06. The lowest BCUT2D eigenvalue weighted by Gasteiger charge is -2.15. The normalized spacial score (nSPS) is 13.6. The van der Waals surface area contributed by atoms with Gasteiger partial charge >= 0.3 is 0 Å². The molecule has 0 saturated heterocycles. The van der Waals surface area contributed by atoms with Crippen LogP contribution in [0.1, 0.15) is 28.8 Å². The Morgan fingerprint density at radius 1 is 1.36 bits per heavy atom. The molecule has 1 aromatic heterocycles. The van der Waals surface area contributed by atoms with Gasteiger partial charge in [-0.05, 0) is 59.3 Å². The van der Waals surface area contributed by atoms with Crippen LogP contribution in [0.3, 0.4) is 0 Å². The number of nitrogens with zero attached hydrogens (tertiary/aromatic N) is 1. The Kier molecular flexibility index (Phi) is 5.29. The van der Waals surface area contributed by atoms with Crippen molar-refractivity contribution in [1.29, 1.82) is 0 Å². The molecule has 25 heavy (non-hydrogen) atoms. The van der Waals surface area contributed by atoms with E-state index < -0.39 is 17.5 Å². The number of aromatic nitrogens is 1. The predicted octanol–water partition coefficient (Wildman–Crippen LogP) is 4.25. The molecule has 0 unspecified atom stereocenters. The van der Waals surface area contributed by atoms with Gasteiger partial charge in [-0.25, -0.2) is 14.3 Å². The topological polar surface area (TPSA) is 63.2 Å². The summed E-state index contributed by atoms with van der Waals surface area (Å²) in [5.74, 6) is -2.39. The van der Waals surface area contributed by atoms with E-state index in [9.17, 15) is 13.6 Å². The molecule has 1 aliphatic rings. The van der Waals surface area contributed by atoms with E-state index in [-0.39, 0.29) is 11.3 Å². The van der Waals surface area contributed by atoms with Gasteiger partial charge in [0.1, 0.15) is 0 Å². The average molecular weight is 412 g/mol. The minimum absolute atomic E-state index is 0.0610. The first-order valence-electron chi connectivity index (χ1n) is 7.74. The molecule has 1 amide bonds. The summed E-state index contributed by atoms with van der Waals surface area (Å²) in [7, 11) is 0. The van der Waals surface area contributed by atoms with Crippen molar-refractivity contribution in [3.05, 3.63) is 51.8 Å². The number of nitrogens with one attached hydrogen (secondary N) is 2. The molecule has 0 atom stereocenters. The molecule has 2 aromatic rings. The zero-order valence-corrected chi connectivity index (χ0v) is 15.0. The van der Waals surface area contributed by atoms with Crippen LogP contribution in [-0.2, 0) is 4.84 Å². The summed E-state index contributed by atoms with van der Waals surface area (Å²) < 4.78 is 28.7. The van der Waals surface area contributed by atoms with Crippen molar-refractivity contribution >= 4 is 33.2 Å². The van der Waals surface area contributed by atoms with Crippen molar-refractivity contribution < 1.29 is 18.4 Å². The molecule has 2 N–H and O–H groups in total. The van der Waals surface area contributed by atoms with Crippen LogP contribution in [-0.4, -0.2) is 17.5 Å². The summed E-state index contributed by atoms with van der Waals surface area (Å²) in [6, 6.07) is 2.11. The van der Waals surface area contributed by atoms with Gasteiger partial charge in [0.25, 0.3) is 5.91 Å². The van der Waals surface area contributed by atoms with E-state index >= 15 is 0 Å². The zero-order chi connectivity index (χ0) is 18.0. The Morgan fingerprint density at radius 3 is 2.84 bits per heavy atom. The lowest BCUT2D eigenvalue weighted by Crippen LogP contribution is -2.26. The average Bonchev–Trinajstić information content (AvgIpc) is 3.40. The number of pyridine rings is 1. The van der Waals surface area contributed by atoms with E-state index in [4.69, 9.17) is 4.84 Å². The number of rotatable bonds is 6. The number of halogens is 3. The first kappa shape index (κ1) is 17.8. The van der Waals surface area contributed by atoms with Gasteiger partial charge in [0, 0.05) is 10.7 Å². The third-order valence-electron chi connectivity index (χ3n) is 3.93. The first-order valence-corrected chi connectivity index (χ1v) is 8.54. The van der Waals surface area contributed by atoms with E-state index in [1.807, 2.05) is 0 Å². The minimum Gasteiger partial charge on any atom is -0.351 e. The molecule has 1 aliphatic carbocycles. The lowest BCUT2D eigenvalue weighted by molar-refractivity contribution is 0.0270. The van der Waals surface area contributed by atoms with Crippen LogP contribution in [0.5, 0.6) is 0 Å². The minimum atomic E-state index is -1.14. The Morgan fingerprint density at radius 2 is 2.12 bits per heavy atom. The number of hydrogen-bond donors (Lipinski definition) is 2. The molecule has 132 valence electrons. The number of carbonyl (C=O) groups excluding carboxylic acids is 1. The van der Waals surface area contributed by atoms with Gasteiger partial charge in [-0.3, -0.25) is 14.6 Å². The quantitative estimate of drug-likeness (QED) is 0.697. The van der Waals surface area contributed by atoms with Crippen molar-refractivity contribution in [3.63, 3.8) is 0 Å². The number of hydroxylamine groups is 1. The van der Waals surface area contributed by atoms with Crippen molar-refractivity contribution in [1.82, 2.24) is 10.5 Å². The molecule has 3 rings (SSSR count). The maximum absolute atomic E-state index is 14.3. The lowest BCUT2D eigenvalue weighted by atomic mass is 10.1. The summed E-state index contributed by atoms with van der Waals surface area (Å²) in [6.07, 6.45) is 5.20. The maximum atomic E-state index is 14.3. The molecule has 1 saturated carbocycles. The fraction of sp³-hybridized carbons (Fsp3) is 0.294. The van der Waals surface area contributed by atoms with E-state index in [1.54, 1.807) is 13.1 Å². The van der Waals surface area contributed by atoms with Crippen LogP contribution in [0.25, 0.3) is 0 Å². The highest BCUT2D eigenvalue weighted by molar-refractivity contribution is 9.10. The molecule has 1 heterocycles. The molecule has 0 radical (unpaired) electrons. The Labute approximate surface area is 151 Å². The fourth-order valence-corrected chi connectivity index (χ4v) is 2.52. The van der Waals surface area contributed by atoms with Gasteiger partial charge in [-0.15, -0.1) is 0 Å². The second-order valence-corrected chi connectivity index (χ2v) is 6.74. The monoisotopic (exact) mass is 411 g/mol. The van der Waals surface area contributed by atoms with Crippen LogP contribution < -0.4 is 10.8 Å². The van der Waals surface area contributed by atoms with Gasteiger partial charge in [0.2, 0.25) is 0 Å². The van der Waals surface area contributed by atoms with Gasteiger partial charge in [0.15, 0.2) is 11.6 Å². The second-order valence-electron chi connectivity index (χ2n) is 5.89. The standard InChI is InChI=1S/C17H16BrF2N3O2/c1-9-12(18)6-21-7-14(9)22-16-11(4-5-13(19)15(16)20)17(24)23-25-8-10-2-3-10/h4-7,10,22H,2-3,8H2,1H3,(H,23,24). The Bertz CT molecular complexity index is 813. The third kappa shape index (κ3) is 4.13. The zero-order valence-electron chi connectivity index (χ0n) is 13.4. The SMILES string of the molecule is Cc1c(Br)cncc1Nc1c(C(=O)NOCC2CC2)ccc(F)c1F. The van der Waals surface area contributed by atoms with E-state index in [2.05, 4.69) is 31.7 Å². The van der Waals surface area contributed by atoms with Gasteiger partial charge in [-0.2, -0.15) is 0 Å². The molecule has 0 spiro atoms. The van der Waals surface area contributed by atoms with Crippen LogP contribution >= 0.6 is 15.9 Å². The van der Waals surface area contributed by atoms with Crippen molar-refractivity contribution in [2.75, 3.05) is 11.9 Å². The predicted molar refractivity (Wildman–Crippen MR) is 92.5 cm³/mol. The van der Waals surface area contributed by atoms with Crippen molar-refractivity contribution in [2.45, 2.75) is 19.8 Å². The molecule has 0 bridgehead atoms. The summed E-state index contributed by atoms with van der Waals surface area (Å²) in [5, 5.41) is 2.76. The molecule has 1 fully saturated rings. The van der Waals surface area contributed by atoms with Crippen LogP contribution in [0.15, 0.2) is 29.0 Å². The van der Waals surface area contributed by atoms with Crippen molar-refractivity contribution in [3.8, 4) is 0 Å². The molecule has 1 aromatic carbocycles. The number of hydrogen-bond acceptors (Lipinski definition) is 4. The molecule has 5 nitrogen and oxygen atoms in total. The highest BCUT2D eigenvalue weighted by atomic mass is 79.9. The van der Waals surface area contributed by atoms with Crippen LogP contribution in [0.4, 0.5) is 20.2 Å². The second kappa shape index (κ2) is 7.45. The molecule has 0 aliphatic heterocycles. The van der Waals surface area contributed by atoms with Gasteiger partial charge in [0.05, 0.1) is 29.7 Å². The van der Waals surface area contributed by atoms with Crippen LogP contribution in [0, 0.1) is 24.5 Å². The number of benzene rings is 1. The molecular weight excluding hydrogens is 396 g/mol. The van der Waals surface area contributed by atoms with Gasteiger partial charge in [-0.1, -0.05) is 0 Å². The smallest absolute Gasteiger partial charge is 0.277 e. The highest BCUT2D eigenvalue weighted by Gasteiger charge is 2.23. The fourth-order valence-electron chi connectivity index (χ4n) is 2.19. The van der Waals surface area contributed by atoms with E-state index in [0.717, 1.165) is 24.5 Å². The maximum Gasteiger partial charge on any atom is 0.277 e. The summed E-state index contributed by atoms with van der Waals surface area (Å²) >= 11 is 3.32. The summed E-state index contributed by atoms with van der Waals surface area (Å²) in [4.78, 5) is 21.4. The third-order valence-corrected chi connectivity index (χ3v) is 4.73. The first-order chi connectivity index (χ1) is 12.0. The molecular formula is C17H16BrF2N3O2. The largest absolute Gasteiger partial charge is 0.351 e. The van der Waals surface area contributed by atoms with Gasteiger partial charge < -0.3 is 5.32 Å². The highest BCUT2D eigenvalue weighted by Crippen LogP contribution is 2.30. The Balaban J connectivity index is 1.86. The van der Waals surface area contributed by atoms with Crippen molar-refractivity contribution in [2.24, 2.45) is 5.92 Å². The number of anilines is 2. The summed E-state index contributed by atoms with van der Waals surface area (Å²) in [6.45, 7) is 2.19. The van der Waals surface area contributed by atoms with E-state index in [1.165, 1.54) is 12.3 Å².